The van der Waals surface area contributed by atoms with Gasteiger partial charge in [-0.05, 0) is 121 Å². The molecule has 4 N–H and O–H groups in total. The molecule has 0 unspecified atom stereocenters. The van der Waals surface area contributed by atoms with Gasteiger partial charge in [-0.3, -0.25) is 9.59 Å². The quantitative estimate of drug-likeness (QED) is 0.118. The average Bonchev–Trinajstić information content (AvgIpc) is 3.68. The fourth-order valence-corrected chi connectivity index (χ4v) is 6.57. The van der Waals surface area contributed by atoms with Crippen LogP contribution in [-0.4, -0.2) is 88.4 Å². The van der Waals surface area contributed by atoms with Crippen molar-refractivity contribution in [2.24, 2.45) is 17.6 Å². The van der Waals surface area contributed by atoms with Crippen LogP contribution in [0.1, 0.15) is 64.3 Å². The molecule has 1 saturated carbocycles. The Hall–Kier alpha value is -5.35. The molecular formula is C41H51F3N8O5. The van der Waals surface area contributed by atoms with E-state index in [2.05, 4.69) is 30.4 Å². The lowest BCUT2D eigenvalue weighted by molar-refractivity contribution is -0.144. The fraction of sp³-hybridized carbons (Fsp3) is 0.463. The Morgan fingerprint density at radius 1 is 0.947 bits per heavy atom. The zero-order valence-corrected chi connectivity index (χ0v) is 32.9. The topological polar surface area (TPSA) is 169 Å². The maximum Gasteiger partial charge on any atom is 0.451 e. The number of aromatic amines is 1. The Balaban J connectivity index is 1.30. The first kappa shape index (κ1) is 42.8. The lowest BCUT2D eigenvalue weighted by atomic mass is 9.81. The number of anilines is 1. The molecular weight excluding hydrogens is 741 g/mol. The monoisotopic (exact) mass is 792 g/mol. The van der Waals surface area contributed by atoms with Crippen molar-refractivity contribution >= 4 is 23.6 Å². The van der Waals surface area contributed by atoms with Gasteiger partial charge < -0.3 is 30.4 Å². The number of benzene rings is 2. The molecule has 306 valence electrons. The Morgan fingerprint density at radius 2 is 1.65 bits per heavy atom. The Kier molecular flexibility index (Phi) is 14.1. The van der Waals surface area contributed by atoms with E-state index in [1.165, 1.54) is 24.3 Å². The molecule has 16 heteroatoms. The number of alkyl halides is 3. The molecule has 5 rings (SSSR count). The SMILES string of the molecule is CN(C)CCCOc1ccc(-c2cccc(C[C@H](N)C(=O)N(c3ccc(-c4nnc(C(F)(F)F)[nH]4)cc3)C(=O)[C@H]3CC[C@H](CNC(=O)OC(C)(C)C)CC3)c2)cn1. The number of amides is 3. The highest BCUT2D eigenvalue weighted by Gasteiger charge is 2.37. The van der Waals surface area contributed by atoms with Crippen LogP contribution in [0, 0.1) is 11.8 Å². The lowest BCUT2D eigenvalue weighted by Crippen LogP contribution is -2.50. The van der Waals surface area contributed by atoms with Crippen LogP contribution in [0.3, 0.4) is 0 Å². The maximum absolute atomic E-state index is 14.3. The number of rotatable bonds is 14. The summed E-state index contributed by atoms with van der Waals surface area (Å²) in [6.45, 7) is 7.21. The van der Waals surface area contributed by atoms with Gasteiger partial charge in [-0.15, -0.1) is 10.2 Å². The number of aromatic nitrogens is 4. The number of nitrogens with two attached hydrogens (primary N) is 1. The number of halogens is 3. The number of alkyl carbamates (subject to hydrolysis) is 1. The first-order chi connectivity index (χ1) is 27.0. The first-order valence-electron chi connectivity index (χ1n) is 19.0. The van der Waals surface area contributed by atoms with Gasteiger partial charge in [0.05, 0.1) is 18.3 Å². The molecule has 0 saturated heterocycles. The van der Waals surface area contributed by atoms with Crippen molar-refractivity contribution < 1.29 is 37.0 Å². The number of carbonyl (C=O) groups excluding carboxylic acids is 3. The number of nitrogens with one attached hydrogen (secondary N) is 2. The van der Waals surface area contributed by atoms with Crippen LogP contribution in [0.25, 0.3) is 22.5 Å². The van der Waals surface area contributed by atoms with Crippen molar-refractivity contribution in [2.75, 3.05) is 38.7 Å². The molecule has 0 spiro atoms. The van der Waals surface area contributed by atoms with Gasteiger partial charge in [-0.1, -0.05) is 24.3 Å². The van der Waals surface area contributed by atoms with Crippen LogP contribution in [0.15, 0.2) is 66.9 Å². The number of nitrogens with zero attached hydrogens (tertiary/aromatic N) is 5. The highest BCUT2D eigenvalue weighted by molar-refractivity contribution is 6.17. The average molecular weight is 793 g/mol. The molecule has 2 aromatic heterocycles. The second-order valence-electron chi connectivity index (χ2n) is 15.6. The minimum Gasteiger partial charge on any atom is -0.478 e. The first-order valence-corrected chi connectivity index (χ1v) is 19.0. The van der Waals surface area contributed by atoms with Gasteiger partial charge in [0.25, 0.3) is 5.91 Å². The van der Waals surface area contributed by atoms with Crippen molar-refractivity contribution in [3.05, 3.63) is 78.2 Å². The number of ether oxygens (including phenoxy) is 2. The lowest BCUT2D eigenvalue weighted by Gasteiger charge is -2.32. The number of imide groups is 1. The van der Waals surface area contributed by atoms with Crippen LogP contribution in [-0.2, 0) is 26.9 Å². The highest BCUT2D eigenvalue weighted by Crippen LogP contribution is 2.33. The smallest absolute Gasteiger partial charge is 0.451 e. The molecule has 57 heavy (non-hydrogen) atoms. The summed E-state index contributed by atoms with van der Waals surface area (Å²) in [6.07, 6.45) is -0.270. The molecule has 1 aliphatic carbocycles. The van der Waals surface area contributed by atoms with Crippen LogP contribution < -0.4 is 20.7 Å². The van der Waals surface area contributed by atoms with Crippen molar-refractivity contribution in [3.63, 3.8) is 0 Å². The Morgan fingerprint density at radius 3 is 2.26 bits per heavy atom. The Bertz CT molecular complexity index is 1950. The normalized spacial score (nSPS) is 16.5. The minimum absolute atomic E-state index is 0.120. The van der Waals surface area contributed by atoms with Crippen LogP contribution in [0.2, 0.25) is 0 Å². The van der Waals surface area contributed by atoms with Crippen molar-refractivity contribution in [3.8, 4) is 28.4 Å². The van der Waals surface area contributed by atoms with Gasteiger partial charge in [0.15, 0.2) is 5.82 Å². The third-order valence-corrected chi connectivity index (χ3v) is 9.49. The predicted octanol–water partition coefficient (Wildman–Crippen LogP) is 6.64. The summed E-state index contributed by atoms with van der Waals surface area (Å²) in [5.41, 5.74) is 8.93. The summed E-state index contributed by atoms with van der Waals surface area (Å²) < 4.78 is 50.6. The van der Waals surface area contributed by atoms with E-state index in [1.54, 1.807) is 27.0 Å². The molecule has 2 aromatic carbocycles. The number of H-pyrrole nitrogens is 1. The molecule has 2 heterocycles. The van der Waals surface area contributed by atoms with E-state index >= 15 is 0 Å². The zero-order chi connectivity index (χ0) is 41.3. The summed E-state index contributed by atoms with van der Waals surface area (Å²) in [6, 6.07) is 16.1. The van der Waals surface area contributed by atoms with Gasteiger partial charge in [-0.25, -0.2) is 14.7 Å². The highest BCUT2D eigenvalue weighted by atomic mass is 19.4. The van der Waals surface area contributed by atoms with Gasteiger partial charge >= 0.3 is 12.3 Å². The van der Waals surface area contributed by atoms with E-state index in [0.717, 1.165) is 34.6 Å². The second kappa shape index (κ2) is 18.7. The van der Waals surface area contributed by atoms with E-state index in [0.29, 0.717) is 44.7 Å². The number of carbonyl (C=O) groups is 3. The zero-order valence-electron chi connectivity index (χ0n) is 32.9. The molecule has 4 aromatic rings. The fourth-order valence-electron chi connectivity index (χ4n) is 6.57. The number of hydrogen-bond acceptors (Lipinski definition) is 10. The van der Waals surface area contributed by atoms with Crippen molar-refractivity contribution in [2.45, 2.75) is 77.1 Å². The van der Waals surface area contributed by atoms with E-state index in [1.807, 2.05) is 50.5 Å². The number of hydrogen-bond donors (Lipinski definition) is 3. The summed E-state index contributed by atoms with van der Waals surface area (Å²) in [5, 5.41) is 9.60. The standard InChI is InChI=1S/C41H51F3N8O5/c1-40(2,3)57-39(55)47-24-26-10-12-29(13-11-26)36(53)52(32-17-14-28(15-18-32)35-48-38(50-49-35)41(42,43)44)37(54)33(45)23-27-8-6-9-30(22-27)31-16-19-34(46-25-31)56-21-7-20-51(4)5/h6,8-9,14-19,22,25-26,29,33H,7,10-13,20-21,23-24,45H2,1-5H3,(H,47,55)(H,48,49,50)/t26-,29-,33-/m0/s1. The van der Waals surface area contributed by atoms with Gasteiger partial charge in [0, 0.05) is 42.4 Å². The minimum atomic E-state index is -4.71. The molecule has 1 fully saturated rings. The molecule has 0 aliphatic heterocycles. The van der Waals surface area contributed by atoms with E-state index < -0.39 is 47.5 Å². The second-order valence-corrected chi connectivity index (χ2v) is 15.6. The Labute approximate surface area is 330 Å². The molecule has 0 bridgehead atoms. The van der Waals surface area contributed by atoms with E-state index in [9.17, 15) is 27.6 Å². The molecule has 1 aliphatic rings. The van der Waals surface area contributed by atoms with Gasteiger partial charge in [0.1, 0.15) is 5.60 Å². The van der Waals surface area contributed by atoms with E-state index in [4.69, 9.17) is 15.2 Å². The predicted molar refractivity (Wildman–Crippen MR) is 209 cm³/mol. The third-order valence-electron chi connectivity index (χ3n) is 9.49. The summed E-state index contributed by atoms with van der Waals surface area (Å²) in [7, 11) is 4.01. The van der Waals surface area contributed by atoms with Crippen LogP contribution >= 0.6 is 0 Å². The molecule has 3 amide bonds. The van der Waals surface area contributed by atoms with Gasteiger partial charge in [0.2, 0.25) is 17.6 Å². The molecule has 1 atom stereocenters. The van der Waals surface area contributed by atoms with Crippen LogP contribution in [0.4, 0.5) is 23.7 Å². The van der Waals surface area contributed by atoms with E-state index in [-0.39, 0.29) is 29.4 Å². The molecule has 13 nitrogen and oxygen atoms in total. The summed E-state index contributed by atoms with van der Waals surface area (Å²) in [5.74, 6) is -2.27. The van der Waals surface area contributed by atoms with Gasteiger partial charge in [-0.2, -0.15) is 13.2 Å². The van der Waals surface area contributed by atoms with Crippen LogP contribution in [0.5, 0.6) is 5.88 Å². The van der Waals surface area contributed by atoms with Crippen molar-refractivity contribution in [1.29, 1.82) is 0 Å². The maximum atomic E-state index is 14.3. The summed E-state index contributed by atoms with van der Waals surface area (Å²) >= 11 is 0. The third kappa shape index (κ3) is 12.3. The number of pyridine rings is 1. The molecule has 0 radical (unpaired) electrons. The summed E-state index contributed by atoms with van der Waals surface area (Å²) in [4.78, 5) is 50.5. The van der Waals surface area contributed by atoms with Crippen molar-refractivity contribution in [1.82, 2.24) is 30.4 Å². The largest absolute Gasteiger partial charge is 0.478 e.